The van der Waals surface area contributed by atoms with Crippen LogP contribution in [0.15, 0.2) is 65.3 Å². The molecule has 0 aliphatic carbocycles. The minimum atomic E-state index is -0.266. The highest BCUT2D eigenvalue weighted by atomic mass is 16.3. The lowest BCUT2D eigenvalue weighted by Gasteiger charge is -2.14. The SMILES string of the molecule is CC(C)c1c(C(=O)N[C@@H](C)c2cc3ccccc3o2)cnn1-c1ccccn1. The predicted molar refractivity (Wildman–Crippen MR) is 108 cm³/mol. The number of furan rings is 1. The average Bonchev–Trinajstić information content (AvgIpc) is 3.33. The standard InChI is InChI=1S/C22H22N4O2/c1-14(2)21-17(13-24-26(21)20-10-6-7-11-23-20)22(27)25-15(3)19-12-16-8-4-5-9-18(16)28-19/h4-15H,1-3H3,(H,25,27)/t15-/m0/s1. The number of hydrogen-bond acceptors (Lipinski definition) is 4. The van der Waals surface area contributed by atoms with Gasteiger partial charge in [-0.1, -0.05) is 38.1 Å². The van der Waals surface area contributed by atoms with Crippen LogP contribution in [0.4, 0.5) is 0 Å². The molecule has 0 fully saturated rings. The Morgan fingerprint density at radius 2 is 1.89 bits per heavy atom. The summed E-state index contributed by atoms with van der Waals surface area (Å²) in [6.45, 7) is 5.99. The third kappa shape index (κ3) is 3.29. The van der Waals surface area contributed by atoms with Crippen molar-refractivity contribution in [3.63, 3.8) is 0 Å². The molecular formula is C22H22N4O2. The minimum absolute atomic E-state index is 0.103. The Hall–Kier alpha value is -3.41. The molecule has 4 rings (SSSR count). The molecule has 1 amide bonds. The van der Waals surface area contributed by atoms with Gasteiger partial charge in [-0.05, 0) is 37.1 Å². The average molecular weight is 374 g/mol. The van der Waals surface area contributed by atoms with Crippen LogP contribution in [-0.4, -0.2) is 20.7 Å². The molecule has 142 valence electrons. The first kappa shape index (κ1) is 18.0. The number of benzene rings is 1. The molecule has 3 heterocycles. The van der Waals surface area contributed by atoms with E-state index in [0.717, 1.165) is 22.4 Å². The topological polar surface area (TPSA) is 73.0 Å². The highest BCUT2D eigenvalue weighted by Crippen LogP contribution is 2.26. The number of para-hydroxylation sites is 1. The fraction of sp³-hybridized carbons (Fsp3) is 0.227. The van der Waals surface area contributed by atoms with Gasteiger partial charge >= 0.3 is 0 Å². The third-order valence-corrected chi connectivity index (χ3v) is 4.68. The van der Waals surface area contributed by atoms with Crippen LogP contribution in [0.2, 0.25) is 0 Å². The molecule has 4 aromatic rings. The number of amides is 1. The molecular weight excluding hydrogens is 352 g/mol. The lowest BCUT2D eigenvalue weighted by molar-refractivity contribution is 0.0934. The summed E-state index contributed by atoms with van der Waals surface area (Å²) in [6.07, 6.45) is 3.31. The summed E-state index contributed by atoms with van der Waals surface area (Å²) in [4.78, 5) is 17.3. The van der Waals surface area contributed by atoms with Crippen LogP contribution in [0.3, 0.4) is 0 Å². The van der Waals surface area contributed by atoms with Crippen LogP contribution >= 0.6 is 0 Å². The fourth-order valence-corrected chi connectivity index (χ4v) is 3.31. The normalized spacial score (nSPS) is 12.4. The van der Waals surface area contributed by atoms with E-state index in [0.29, 0.717) is 11.4 Å². The van der Waals surface area contributed by atoms with E-state index < -0.39 is 0 Å². The van der Waals surface area contributed by atoms with Crippen molar-refractivity contribution in [3.05, 3.63) is 77.9 Å². The van der Waals surface area contributed by atoms with Gasteiger partial charge in [0, 0.05) is 11.6 Å². The molecule has 0 unspecified atom stereocenters. The summed E-state index contributed by atoms with van der Waals surface area (Å²) in [5.74, 6) is 1.33. The molecule has 1 N–H and O–H groups in total. The second-order valence-corrected chi connectivity index (χ2v) is 7.08. The lowest BCUT2D eigenvalue weighted by Crippen LogP contribution is -2.27. The van der Waals surface area contributed by atoms with Crippen LogP contribution in [-0.2, 0) is 0 Å². The number of aromatic nitrogens is 3. The van der Waals surface area contributed by atoms with E-state index in [1.54, 1.807) is 17.1 Å². The summed E-state index contributed by atoms with van der Waals surface area (Å²) < 4.78 is 7.60. The molecule has 3 aromatic heterocycles. The van der Waals surface area contributed by atoms with Crippen molar-refractivity contribution in [2.24, 2.45) is 0 Å². The molecule has 6 nitrogen and oxygen atoms in total. The van der Waals surface area contributed by atoms with Crippen molar-refractivity contribution in [2.75, 3.05) is 0 Å². The van der Waals surface area contributed by atoms with Crippen LogP contribution in [0, 0.1) is 0 Å². The quantitative estimate of drug-likeness (QED) is 0.553. The van der Waals surface area contributed by atoms with E-state index in [1.807, 2.05) is 69.3 Å². The van der Waals surface area contributed by atoms with Crippen molar-refractivity contribution in [1.82, 2.24) is 20.1 Å². The summed E-state index contributed by atoms with van der Waals surface area (Å²) in [7, 11) is 0. The fourth-order valence-electron chi connectivity index (χ4n) is 3.31. The van der Waals surface area contributed by atoms with E-state index >= 15 is 0 Å². The van der Waals surface area contributed by atoms with E-state index in [-0.39, 0.29) is 17.9 Å². The summed E-state index contributed by atoms with van der Waals surface area (Å²) in [6, 6.07) is 15.1. The Kier molecular flexibility index (Phi) is 4.69. The van der Waals surface area contributed by atoms with Crippen molar-refractivity contribution >= 4 is 16.9 Å². The number of fused-ring (bicyclic) bond motifs is 1. The number of nitrogens with one attached hydrogen (secondary N) is 1. The molecule has 28 heavy (non-hydrogen) atoms. The number of carbonyl (C=O) groups is 1. The van der Waals surface area contributed by atoms with Crippen LogP contribution < -0.4 is 5.32 Å². The van der Waals surface area contributed by atoms with Gasteiger partial charge in [0.25, 0.3) is 5.91 Å². The zero-order chi connectivity index (χ0) is 19.7. The van der Waals surface area contributed by atoms with E-state index in [2.05, 4.69) is 15.4 Å². The zero-order valence-corrected chi connectivity index (χ0v) is 16.1. The maximum Gasteiger partial charge on any atom is 0.255 e. The largest absolute Gasteiger partial charge is 0.459 e. The maximum absolute atomic E-state index is 13.0. The highest BCUT2D eigenvalue weighted by Gasteiger charge is 2.23. The molecule has 0 aliphatic heterocycles. The molecule has 1 atom stereocenters. The van der Waals surface area contributed by atoms with Gasteiger partial charge in [0.1, 0.15) is 11.3 Å². The Morgan fingerprint density at radius 1 is 1.11 bits per heavy atom. The first-order valence-electron chi connectivity index (χ1n) is 9.33. The number of rotatable bonds is 5. The number of carbonyl (C=O) groups excluding carboxylic acids is 1. The number of hydrogen-bond donors (Lipinski definition) is 1. The van der Waals surface area contributed by atoms with E-state index in [4.69, 9.17) is 4.42 Å². The van der Waals surface area contributed by atoms with Gasteiger partial charge in [0.05, 0.1) is 23.5 Å². The van der Waals surface area contributed by atoms with Crippen LogP contribution in [0.5, 0.6) is 0 Å². The van der Waals surface area contributed by atoms with Gasteiger partial charge < -0.3 is 9.73 Å². The molecule has 0 bridgehead atoms. The molecule has 0 spiro atoms. The van der Waals surface area contributed by atoms with Gasteiger partial charge in [0.2, 0.25) is 0 Å². The summed E-state index contributed by atoms with van der Waals surface area (Å²) in [5.41, 5.74) is 2.18. The van der Waals surface area contributed by atoms with Gasteiger partial charge in [-0.2, -0.15) is 5.10 Å². The Bertz CT molecular complexity index is 1080. The van der Waals surface area contributed by atoms with Crippen molar-refractivity contribution in [1.29, 1.82) is 0 Å². The van der Waals surface area contributed by atoms with Crippen molar-refractivity contribution in [3.8, 4) is 5.82 Å². The highest BCUT2D eigenvalue weighted by molar-refractivity contribution is 5.95. The molecule has 0 saturated carbocycles. The second kappa shape index (κ2) is 7.31. The van der Waals surface area contributed by atoms with Gasteiger partial charge in [-0.3, -0.25) is 4.79 Å². The molecule has 0 radical (unpaired) electrons. The Balaban J connectivity index is 1.62. The maximum atomic E-state index is 13.0. The third-order valence-electron chi connectivity index (χ3n) is 4.68. The Morgan fingerprint density at radius 3 is 2.61 bits per heavy atom. The summed E-state index contributed by atoms with van der Waals surface area (Å²) >= 11 is 0. The minimum Gasteiger partial charge on any atom is -0.459 e. The Labute approximate surface area is 163 Å². The summed E-state index contributed by atoms with van der Waals surface area (Å²) in [5, 5.41) is 8.46. The van der Waals surface area contributed by atoms with E-state index in [9.17, 15) is 4.79 Å². The number of pyridine rings is 1. The first-order valence-corrected chi connectivity index (χ1v) is 9.33. The molecule has 1 aromatic carbocycles. The van der Waals surface area contributed by atoms with Crippen LogP contribution in [0.25, 0.3) is 16.8 Å². The number of nitrogens with zero attached hydrogens (tertiary/aromatic N) is 3. The molecule has 0 aliphatic rings. The van der Waals surface area contributed by atoms with Crippen molar-refractivity contribution in [2.45, 2.75) is 32.7 Å². The second-order valence-electron chi connectivity index (χ2n) is 7.08. The molecule has 6 heteroatoms. The van der Waals surface area contributed by atoms with Gasteiger partial charge in [-0.15, -0.1) is 0 Å². The van der Waals surface area contributed by atoms with Gasteiger partial charge in [-0.25, -0.2) is 9.67 Å². The van der Waals surface area contributed by atoms with Gasteiger partial charge in [0.15, 0.2) is 5.82 Å². The smallest absolute Gasteiger partial charge is 0.255 e. The lowest BCUT2D eigenvalue weighted by atomic mass is 10.0. The first-order chi connectivity index (χ1) is 13.5. The monoisotopic (exact) mass is 374 g/mol. The zero-order valence-electron chi connectivity index (χ0n) is 16.1. The molecule has 0 saturated heterocycles. The van der Waals surface area contributed by atoms with E-state index in [1.165, 1.54) is 0 Å². The van der Waals surface area contributed by atoms with Crippen LogP contribution in [0.1, 0.15) is 54.5 Å². The van der Waals surface area contributed by atoms with Crippen molar-refractivity contribution < 1.29 is 9.21 Å². The predicted octanol–water partition coefficient (Wildman–Crippen LogP) is 4.63.